The van der Waals surface area contributed by atoms with E-state index >= 15 is 9.59 Å². The summed E-state index contributed by atoms with van der Waals surface area (Å²) in [4.78, 5) is 169. The van der Waals surface area contributed by atoms with E-state index in [4.69, 9.17) is 0 Å². The smallest absolute Gasteiger partial charge is 0.246 e. The molecule has 1 fully saturated rings. The molecule has 85 heavy (non-hydrogen) atoms. The Balaban J connectivity index is 4.32. The number of aliphatic hydroxyl groups excluding tert-OH is 1. The van der Waals surface area contributed by atoms with Crippen LogP contribution in [0.1, 0.15) is 163 Å². The van der Waals surface area contributed by atoms with Gasteiger partial charge in [0.1, 0.15) is 60.4 Å². The maximum atomic E-state index is 15.2. The van der Waals surface area contributed by atoms with Crippen LogP contribution in [0.4, 0.5) is 0 Å². The predicted molar refractivity (Wildman–Crippen MR) is 328 cm³/mol. The van der Waals surface area contributed by atoms with E-state index in [-0.39, 0.29) is 61.7 Å². The molecule has 0 spiro atoms. The summed E-state index contributed by atoms with van der Waals surface area (Å²) in [5.74, 6) is -9.50. The second-order valence-corrected chi connectivity index (χ2v) is 26.9. The summed E-state index contributed by atoms with van der Waals surface area (Å²) in [6.07, 6.45) is -0.354. The number of hydrogen-bond acceptors (Lipinski definition) is 12. The molecule has 0 radical (unpaired) electrons. The minimum Gasteiger partial charge on any atom is -0.390 e. The van der Waals surface area contributed by atoms with Crippen molar-refractivity contribution in [3.05, 3.63) is 0 Å². The number of hydrogen-bond donors (Lipinski definition) is 5. The lowest BCUT2D eigenvalue weighted by Crippen LogP contribution is -2.63. The van der Waals surface area contributed by atoms with Gasteiger partial charge in [-0.3, -0.25) is 52.7 Å². The van der Waals surface area contributed by atoms with Gasteiger partial charge in [0.15, 0.2) is 0 Å². The molecule has 1 unspecified atom stereocenters. The third-order valence-corrected chi connectivity index (χ3v) is 16.2. The molecule has 488 valence electrons. The highest BCUT2D eigenvalue weighted by atomic mass is 16.3. The van der Waals surface area contributed by atoms with Crippen LogP contribution < -0.4 is 21.3 Å². The zero-order valence-corrected chi connectivity index (χ0v) is 56.5. The predicted octanol–water partition coefficient (Wildman–Crippen LogP) is 3.35. The van der Waals surface area contributed by atoms with Crippen LogP contribution in [0.5, 0.6) is 0 Å². The van der Waals surface area contributed by atoms with Crippen molar-refractivity contribution in [3.8, 4) is 0 Å². The summed E-state index contributed by atoms with van der Waals surface area (Å²) in [6, 6.07) is -12.3. The standard InChI is InChI=1S/C62H113N11O12/c1-26-43-58(81)67(19)32-48(74)68(20)44(28-34(4)5)55(78)66-49(38(12)13)61(84)69(21)45(29-35(6)7)54(77)63-41(17)53(76)64-42(18)57(80)70(22)46(30-36(8)9)59(82)71(23)47(31-37(10)11)60(83)72(24)50(39(14)15)62(85)73(25)51(56(79)65-43)52(75)40(16)27-33(2)3/h33-47,49-52,75H,26-32H2,1-25H3,(H,63,77)(H,64,76)(H,65,79)(H,66,78)/t40-,41+,42-,43+,44+,45?,46+,47+,49+,50+,51+,52-/m1/s1. The quantitative estimate of drug-likeness (QED) is 0.158. The van der Waals surface area contributed by atoms with Crippen LogP contribution in [0.25, 0.3) is 0 Å². The molecular formula is C62H113N11O12. The number of rotatable bonds is 15. The van der Waals surface area contributed by atoms with Gasteiger partial charge >= 0.3 is 0 Å². The summed E-state index contributed by atoms with van der Waals surface area (Å²) in [7, 11) is 9.95. The van der Waals surface area contributed by atoms with E-state index in [1.165, 1.54) is 87.7 Å². The lowest BCUT2D eigenvalue weighted by molar-refractivity contribution is -0.157. The highest BCUT2D eigenvalue weighted by molar-refractivity contribution is 5.99. The molecule has 1 aliphatic heterocycles. The fraction of sp³-hybridized carbons (Fsp3) is 0.823. The van der Waals surface area contributed by atoms with E-state index in [1.807, 2.05) is 69.2 Å². The van der Waals surface area contributed by atoms with Gasteiger partial charge in [-0.15, -0.1) is 0 Å². The molecule has 1 aliphatic rings. The molecule has 0 aromatic heterocycles. The number of carbonyl (C=O) groups is 11. The van der Waals surface area contributed by atoms with E-state index < -0.39 is 156 Å². The van der Waals surface area contributed by atoms with Crippen molar-refractivity contribution in [2.45, 2.75) is 230 Å². The van der Waals surface area contributed by atoms with Gasteiger partial charge in [-0.25, -0.2) is 0 Å². The Morgan fingerprint density at radius 2 is 0.812 bits per heavy atom. The summed E-state index contributed by atoms with van der Waals surface area (Å²) >= 11 is 0. The van der Waals surface area contributed by atoms with Crippen LogP contribution in [0.3, 0.4) is 0 Å². The van der Waals surface area contributed by atoms with Gasteiger partial charge in [-0.05, 0) is 99.7 Å². The van der Waals surface area contributed by atoms with E-state index in [2.05, 4.69) is 21.3 Å². The van der Waals surface area contributed by atoms with Gasteiger partial charge in [-0.2, -0.15) is 0 Å². The maximum absolute atomic E-state index is 15.2. The molecule has 0 aromatic rings. The zero-order chi connectivity index (χ0) is 66.1. The average Bonchev–Trinajstić information content (AvgIpc) is 2.65. The monoisotopic (exact) mass is 1200 g/mol. The van der Waals surface area contributed by atoms with Gasteiger partial charge < -0.3 is 60.7 Å². The highest BCUT2D eigenvalue weighted by Crippen LogP contribution is 2.26. The van der Waals surface area contributed by atoms with Gasteiger partial charge in [-0.1, -0.05) is 111 Å². The van der Waals surface area contributed by atoms with Crippen molar-refractivity contribution >= 4 is 65.0 Å². The van der Waals surface area contributed by atoms with Crippen molar-refractivity contribution in [3.63, 3.8) is 0 Å². The molecule has 23 nitrogen and oxygen atoms in total. The summed E-state index contributed by atoms with van der Waals surface area (Å²) in [5, 5.41) is 23.1. The summed E-state index contributed by atoms with van der Waals surface area (Å²) in [5.41, 5.74) is 0. The third kappa shape index (κ3) is 21.8. The second kappa shape index (κ2) is 34.5. The number of nitrogens with one attached hydrogen (secondary N) is 4. The normalized spacial score (nSPS) is 26.9. The van der Waals surface area contributed by atoms with E-state index in [9.17, 15) is 48.3 Å². The molecular weight excluding hydrogens is 1090 g/mol. The van der Waals surface area contributed by atoms with Crippen molar-refractivity contribution in [2.75, 3.05) is 55.9 Å². The third-order valence-electron chi connectivity index (χ3n) is 16.2. The van der Waals surface area contributed by atoms with E-state index in [1.54, 1.807) is 41.5 Å². The Morgan fingerprint density at radius 1 is 0.412 bits per heavy atom. The van der Waals surface area contributed by atoms with Crippen LogP contribution in [-0.4, -0.2) is 227 Å². The lowest BCUT2D eigenvalue weighted by Gasteiger charge is -2.41. The van der Waals surface area contributed by atoms with Crippen molar-refractivity contribution in [2.24, 2.45) is 47.3 Å². The molecule has 0 aromatic carbocycles. The van der Waals surface area contributed by atoms with Crippen molar-refractivity contribution in [1.29, 1.82) is 0 Å². The Kier molecular flexibility index (Phi) is 31.3. The first kappa shape index (κ1) is 77.1. The molecule has 0 saturated carbocycles. The number of aliphatic hydroxyl groups is 1. The molecule has 5 N–H and O–H groups in total. The van der Waals surface area contributed by atoms with Gasteiger partial charge in [0, 0.05) is 49.3 Å². The van der Waals surface area contributed by atoms with Crippen LogP contribution >= 0.6 is 0 Å². The fourth-order valence-corrected chi connectivity index (χ4v) is 11.1. The number of carbonyl (C=O) groups excluding carboxylic acids is 11. The minimum atomic E-state index is -1.59. The number of likely N-dealkylation sites (N-methyl/N-ethyl adjacent to an activating group) is 7. The van der Waals surface area contributed by atoms with Crippen LogP contribution in [0, 0.1) is 47.3 Å². The van der Waals surface area contributed by atoms with Gasteiger partial charge in [0.05, 0.1) is 12.6 Å². The Bertz CT molecular complexity index is 2290. The SMILES string of the molecule is CC[C@@H]1NC(=O)[C@H]([C@H](O)[C@H](C)CC(C)C)N(C)C(=O)[C@H](C(C)C)N(C)C(=O)[C@H](CC(C)C)N(C)C(=O)[C@H](CC(C)C)N(C)C(=O)[C@@H](C)NC(=O)[C@H](C)NC(=O)C(CC(C)C)N(C)C(=O)[C@H](C(C)C)NC(=O)[C@H](CC(C)C)N(C)C(=O)CN(C)C1=O. The topological polar surface area (TPSA) is 279 Å². The molecule has 1 heterocycles. The molecule has 12 atom stereocenters. The first-order valence-electron chi connectivity index (χ1n) is 30.8. The molecule has 1 saturated heterocycles. The lowest BCUT2D eigenvalue weighted by atomic mass is 9.88. The second-order valence-electron chi connectivity index (χ2n) is 26.9. The van der Waals surface area contributed by atoms with Crippen molar-refractivity contribution in [1.82, 2.24) is 55.6 Å². The molecule has 0 bridgehead atoms. The molecule has 11 amide bonds. The number of nitrogens with zero attached hydrogens (tertiary/aromatic N) is 7. The molecule has 0 aliphatic carbocycles. The van der Waals surface area contributed by atoms with Crippen LogP contribution in [0.2, 0.25) is 0 Å². The summed E-state index contributed by atoms with van der Waals surface area (Å²) in [6.45, 7) is 31.5. The maximum Gasteiger partial charge on any atom is 0.246 e. The van der Waals surface area contributed by atoms with E-state index in [0.717, 1.165) is 9.80 Å². The average molecular weight is 1200 g/mol. The Hall–Kier alpha value is -5.87. The largest absolute Gasteiger partial charge is 0.390 e. The zero-order valence-electron chi connectivity index (χ0n) is 56.5. The van der Waals surface area contributed by atoms with Gasteiger partial charge in [0.2, 0.25) is 65.0 Å². The van der Waals surface area contributed by atoms with Crippen molar-refractivity contribution < 1.29 is 57.8 Å². The van der Waals surface area contributed by atoms with Gasteiger partial charge in [0.25, 0.3) is 0 Å². The minimum absolute atomic E-state index is 0.0302. The van der Waals surface area contributed by atoms with Crippen LogP contribution in [0.15, 0.2) is 0 Å². The summed E-state index contributed by atoms with van der Waals surface area (Å²) < 4.78 is 0. The first-order chi connectivity index (χ1) is 39.1. The molecule has 1 rings (SSSR count). The highest BCUT2D eigenvalue weighted by Gasteiger charge is 2.46. The number of amides is 11. The molecule has 23 heteroatoms. The first-order valence-corrected chi connectivity index (χ1v) is 30.8. The van der Waals surface area contributed by atoms with E-state index in [0.29, 0.717) is 6.42 Å². The van der Waals surface area contributed by atoms with Crippen LogP contribution in [-0.2, 0) is 52.7 Å². The fourth-order valence-electron chi connectivity index (χ4n) is 11.1. The Morgan fingerprint density at radius 3 is 1.25 bits per heavy atom. The Labute approximate surface area is 509 Å².